The van der Waals surface area contributed by atoms with E-state index < -0.39 is 10.8 Å². The third kappa shape index (κ3) is 8.52. The predicted molar refractivity (Wildman–Crippen MR) is 114 cm³/mol. The van der Waals surface area contributed by atoms with Crippen LogP contribution in [0.25, 0.3) is 0 Å². The molecular weight excluding hydrogens is 377 g/mol. The number of benzene rings is 2. The van der Waals surface area contributed by atoms with Gasteiger partial charge in [-0.15, -0.1) is 0 Å². The molecule has 7 heteroatoms. The SMILES string of the molecule is CCNC(=NCC(C)Oc1ccc(F)cc1)NCCS(=O)Cc1ccccc1. The highest BCUT2D eigenvalue weighted by Crippen LogP contribution is 2.13. The predicted octanol–water partition coefficient (Wildman–Crippen LogP) is 3.10. The van der Waals surface area contributed by atoms with Crippen molar-refractivity contribution in [2.45, 2.75) is 25.7 Å². The Kier molecular flexibility index (Phi) is 9.48. The molecular formula is C21H28FN3O2S. The van der Waals surface area contributed by atoms with E-state index in [1.807, 2.05) is 44.2 Å². The number of hydrogen-bond donors (Lipinski definition) is 2. The average Bonchev–Trinajstić information content (AvgIpc) is 2.68. The maximum absolute atomic E-state index is 12.9. The van der Waals surface area contributed by atoms with Gasteiger partial charge < -0.3 is 15.4 Å². The normalized spacial score (nSPS) is 13.6. The Morgan fingerprint density at radius 1 is 1.14 bits per heavy atom. The molecule has 0 fully saturated rings. The van der Waals surface area contributed by atoms with Gasteiger partial charge in [0.15, 0.2) is 5.96 Å². The van der Waals surface area contributed by atoms with Gasteiger partial charge in [-0.25, -0.2) is 9.38 Å². The highest BCUT2D eigenvalue weighted by atomic mass is 32.2. The Balaban J connectivity index is 1.76. The molecule has 2 aromatic rings. The van der Waals surface area contributed by atoms with E-state index in [-0.39, 0.29) is 11.9 Å². The molecule has 0 saturated heterocycles. The lowest BCUT2D eigenvalue weighted by molar-refractivity contribution is 0.230. The molecule has 0 aliphatic carbocycles. The molecule has 2 N–H and O–H groups in total. The van der Waals surface area contributed by atoms with E-state index in [4.69, 9.17) is 4.74 Å². The maximum atomic E-state index is 12.9. The summed E-state index contributed by atoms with van der Waals surface area (Å²) >= 11 is 0. The largest absolute Gasteiger partial charge is 0.489 e. The Morgan fingerprint density at radius 3 is 2.54 bits per heavy atom. The maximum Gasteiger partial charge on any atom is 0.191 e. The van der Waals surface area contributed by atoms with Gasteiger partial charge in [-0.05, 0) is 43.7 Å². The van der Waals surface area contributed by atoms with E-state index in [9.17, 15) is 8.60 Å². The van der Waals surface area contributed by atoms with Crippen LogP contribution < -0.4 is 15.4 Å². The van der Waals surface area contributed by atoms with Crippen LogP contribution in [0.1, 0.15) is 19.4 Å². The molecule has 0 radical (unpaired) electrons. The number of nitrogens with one attached hydrogen (secondary N) is 2. The van der Waals surface area contributed by atoms with Crippen LogP contribution >= 0.6 is 0 Å². The number of halogens is 1. The second-order valence-electron chi connectivity index (χ2n) is 6.30. The van der Waals surface area contributed by atoms with Crippen LogP contribution in [-0.4, -0.2) is 41.7 Å². The second kappa shape index (κ2) is 12.1. The fourth-order valence-electron chi connectivity index (χ4n) is 2.46. The van der Waals surface area contributed by atoms with Crippen molar-refractivity contribution in [3.8, 4) is 5.75 Å². The van der Waals surface area contributed by atoms with Crippen LogP contribution in [0.3, 0.4) is 0 Å². The quantitative estimate of drug-likeness (QED) is 0.471. The fraction of sp³-hybridized carbons (Fsp3) is 0.381. The summed E-state index contributed by atoms with van der Waals surface area (Å²) in [6.45, 7) is 5.64. The number of ether oxygens (including phenoxy) is 1. The van der Waals surface area contributed by atoms with Gasteiger partial charge in [0.05, 0.1) is 6.54 Å². The summed E-state index contributed by atoms with van der Waals surface area (Å²) < 4.78 is 30.9. The lowest BCUT2D eigenvalue weighted by atomic mass is 10.2. The lowest BCUT2D eigenvalue weighted by Crippen LogP contribution is -2.39. The standard InChI is InChI=1S/C21H28FN3O2S/c1-3-23-21(24-13-14-28(26)16-18-7-5-4-6-8-18)25-15-17(2)27-20-11-9-19(22)10-12-20/h4-12,17H,3,13-16H2,1-2H3,(H2,23,24,25). The summed E-state index contributed by atoms with van der Waals surface area (Å²) in [7, 11) is -0.933. The Morgan fingerprint density at radius 2 is 1.86 bits per heavy atom. The van der Waals surface area contributed by atoms with Crippen LogP contribution in [0.5, 0.6) is 5.75 Å². The Hall–Kier alpha value is -2.41. The highest BCUT2D eigenvalue weighted by Gasteiger charge is 2.06. The first kappa shape index (κ1) is 21.9. The number of hydrogen-bond acceptors (Lipinski definition) is 3. The minimum atomic E-state index is -0.933. The monoisotopic (exact) mass is 405 g/mol. The third-order valence-corrected chi connectivity index (χ3v) is 5.11. The Labute approximate surface area is 168 Å². The first-order valence-corrected chi connectivity index (χ1v) is 10.9. The van der Waals surface area contributed by atoms with Crippen LogP contribution in [-0.2, 0) is 16.6 Å². The Bertz CT molecular complexity index is 754. The molecule has 28 heavy (non-hydrogen) atoms. The van der Waals surface area contributed by atoms with Crippen LogP contribution in [0.15, 0.2) is 59.6 Å². The molecule has 0 aromatic heterocycles. The molecule has 0 saturated carbocycles. The van der Waals surface area contributed by atoms with Gasteiger partial charge in [-0.2, -0.15) is 0 Å². The van der Waals surface area contributed by atoms with Gasteiger partial charge >= 0.3 is 0 Å². The molecule has 0 amide bonds. The van der Waals surface area contributed by atoms with Crippen LogP contribution in [0, 0.1) is 5.82 Å². The zero-order valence-corrected chi connectivity index (χ0v) is 17.2. The summed E-state index contributed by atoms with van der Waals surface area (Å²) in [4.78, 5) is 4.50. The minimum absolute atomic E-state index is 0.159. The molecule has 0 aliphatic heterocycles. The topological polar surface area (TPSA) is 62.7 Å². The second-order valence-corrected chi connectivity index (χ2v) is 7.88. The molecule has 0 spiro atoms. The van der Waals surface area contributed by atoms with E-state index in [1.54, 1.807) is 12.1 Å². The molecule has 2 atom stereocenters. The summed E-state index contributed by atoms with van der Waals surface area (Å²) in [5, 5.41) is 6.37. The molecule has 2 aromatic carbocycles. The zero-order valence-electron chi connectivity index (χ0n) is 16.4. The van der Waals surface area contributed by atoms with Gasteiger partial charge in [0.25, 0.3) is 0 Å². The summed E-state index contributed by atoms with van der Waals surface area (Å²) in [5.41, 5.74) is 1.08. The molecule has 0 aliphatic rings. The van der Waals surface area contributed by atoms with Crippen LogP contribution in [0.4, 0.5) is 4.39 Å². The minimum Gasteiger partial charge on any atom is -0.489 e. The van der Waals surface area contributed by atoms with Gasteiger partial charge in [0, 0.05) is 35.4 Å². The lowest BCUT2D eigenvalue weighted by Gasteiger charge is -2.15. The number of aliphatic imine (C=N–C) groups is 1. The van der Waals surface area contributed by atoms with E-state index in [0.717, 1.165) is 12.1 Å². The summed E-state index contributed by atoms with van der Waals surface area (Å²) in [6, 6.07) is 15.8. The van der Waals surface area contributed by atoms with Gasteiger partial charge in [-0.3, -0.25) is 4.21 Å². The van der Waals surface area contributed by atoms with Crippen molar-refractivity contribution in [3.05, 3.63) is 66.0 Å². The van der Waals surface area contributed by atoms with Crippen molar-refractivity contribution >= 4 is 16.8 Å². The van der Waals surface area contributed by atoms with E-state index in [1.165, 1.54) is 12.1 Å². The van der Waals surface area contributed by atoms with E-state index >= 15 is 0 Å². The summed E-state index contributed by atoms with van der Waals surface area (Å²) in [6.07, 6.45) is -0.159. The fourth-order valence-corrected chi connectivity index (χ4v) is 3.50. The third-order valence-electron chi connectivity index (χ3n) is 3.79. The van der Waals surface area contributed by atoms with Crippen molar-refractivity contribution in [2.75, 3.05) is 25.4 Å². The molecule has 2 rings (SSSR count). The van der Waals surface area contributed by atoms with Gasteiger partial charge in [-0.1, -0.05) is 30.3 Å². The smallest absolute Gasteiger partial charge is 0.191 e. The first-order valence-electron chi connectivity index (χ1n) is 9.40. The van der Waals surface area contributed by atoms with Crippen molar-refractivity contribution in [2.24, 2.45) is 4.99 Å². The van der Waals surface area contributed by atoms with Crippen LogP contribution in [0.2, 0.25) is 0 Å². The zero-order chi connectivity index (χ0) is 20.2. The summed E-state index contributed by atoms with van der Waals surface area (Å²) in [5.74, 6) is 2.08. The van der Waals surface area contributed by atoms with Crippen molar-refractivity contribution in [1.82, 2.24) is 10.6 Å². The molecule has 0 bridgehead atoms. The number of rotatable bonds is 10. The van der Waals surface area contributed by atoms with E-state index in [0.29, 0.717) is 36.3 Å². The first-order chi connectivity index (χ1) is 13.6. The van der Waals surface area contributed by atoms with Crippen molar-refractivity contribution in [1.29, 1.82) is 0 Å². The number of nitrogens with zero attached hydrogens (tertiary/aromatic N) is 1. The molecule has 2 unspecified atom stereocenters. The van der Waals surface area contributed by atoms with Crippen molar-refractivity contribution in [3.63, 3.8) is 0 Å². The highest BCUT2D eigenvalue weighted by molar-refractivity contribution is 7.84. The number of guanidine groups is 1. The molecule has 152 valence electrons. The average molecular weight is 406 g/mol. The molecule has 5 nitrogen and oxygen atoms in total. The van der Waals surface area contributed by atoms with Crippen molar-refractivity contribution < 1.29 is 13.3 Å². The van der Waals surface area contributed by atoms with Gasteiger partial charge in [0.2, 0.25) is 0 Å². The van der Waals surface area contributed by atoms with E-state index in [2.05, 4.69) is 15.6 Å². The molecule has 0 heterocycles. The van der Waals surface area contributed by atoms with Gasteiger partial charge in [0.1, 0.15) is 17.7 Å².